The molecule has 0 radical (unpaired) electrons. The van der Waals surface area contributed by atoms with Crippen LogP contribution in [0.25, 0.3) is 0 Å². The van der Waals surface area contributed by atoms with Crippen molar-refractivity contribution >= 4 is 29.1 Å². The molecular weight excluding hydrogens is 297 g/mol. The molecule has 20 heavy (non-hydrogen) atoms. The molecule has 0 aliphatic carbocycles. The Morgan fingerprint density at radius 2 is 2.00 bits per heavy atom. The lowest BCUT2D eigenvalue weighted by atomic mass is 10.2. The van der Waals surface area contributed by atoms with Crippen molar-refractivity contribution in [3.63, 3.8) is 0 Å². The smallest absolute Gasteiger partial charge is 0.272 e. The van der Waals surface area contributed by atoms with Crippen LogP contribution in [-0.4, -0.2) is 27.6 Å². The van der Waals surface area contributed by atoms with Gasteiger partial charge >= 0.3 is 0 Å². The molecule has 0 aliphatic rings. The van der Waals surface area contributed by atoms with Crippen molar-refractivity contribution in [2.24, 2.45) is 7.05 Å². The van der Waals surface area contributed by atoms with Gasteiger partial charge in [-0.2, -0.15) is 5.10 Å². The fraction of sp³-hybridized carbons (Fsp3) is 0.286. The minimum Gasteiger partial charge on any atom is -0.336 e. The number of hydrogen-bond donors (Lipinski definition) is 0. The number of nitrogens with zero attached hydrogens (tertiary/aromatic N) is 3. The highest BCUT2D eigenvalue weighted by atomic mass is 35.5. The highest BCUT2D eigenvalue weighted by Crippen LogP contribution is 2.23. The molecule has 0 saturated carbocycles. The second kappa shape index (κ2) is 5.85. The molecule has 2 rings (SSSR count). The summed E-state index contributed by atoms with van der Waals surface area (Å²) in [5.41, 5.74) is 2.30. The van der Waals surface area contributed by atoms with Gasteiger partial charge in [-0.15, -0.1) is 0 Å². The number of rotatable bonds is 3. The average Bonchev–Trinajstić information content (AvgIpc) is 2.72. The molecule has 2 aromatic rings. The third-order valence-corrected chi connectivity index (χ3v) is 3.71. The van der Waals surface area contributed by atoms with E-state index < -0.39 is 0 Å². The van der Waals surface area contributed by atoms with Gasteiger partial charge in [0.2, 0.25) is 0 Å². The quantitative estimate of drug-likeness (QED) is 0.872. The summed E-state index contributed by atoms with van der Waals surface area (Å²) in [6.45, 7) is 2.32. The second-order valence-corrected chi connectivity index (χ2v) is 5.52. The second-order valence-electron chi connectivity index (χ2n) is 4.70. The Labute approximate surface area is 127 Å². The third-order valence-electron chi connectivity index (χ3n) is 2.97. The minimum atomic E-state index is -0.0841. The number of halogens is 2. The van der Waals surface area contributed by atoms with Crippen LogP contribution in [0.5, 0.6) is 0 Å². The predicted octanol–water partition coefficient (Wildman–Crippen LogP) is 3.31. The van der Waals surface area contributed by atoms with Crippen molar-refractivity contribution in [2.75, 3.05) is 7.05 Å². The lowest BCUT2D eigenvalue weighted by Crippen LogP contribution is -2.28. The largest absolute Gasteiger partial charge is 0.336 e. The fourth-order valence-electron chi connectivity index (χ4n) is 1.99. The molecule has 0 atom stereocenters. The van der Waals surface area contributed by atoms with E-state index in [9.17, 15) is 4.79 Å². The molecule has 0 unspecified atom stereocenters. The van der Waals surface area contributed by atoms with Crippen LogP contribution in [0.15, 0.2) is 24.3 Å². The zero-order valence-corrected chi connectivity index (χ0v) is 13.0. The summed E-state index contributed by atoms with van der Waals surface area (Å²) in [6, 6.07) is 7.12. The van der Waals surface area contributed by atoms with E-state index in [1.807, 2.05) is 13.0 Å². The number of carbonyl (C=O) groups excluding carboxylic acids is 1. The first-order valence-electron chi connectivity index (χ1n) is 6.08. The monoisotopic (exact) mass is 311 g/mol. The zero-order chi connectivity index (χ0) is 14.9. The van der Waals surface area contributed by atoms with Crippen LogP contribution in [0.3, 0.4) is 0 Å². The van der Waals surface area contributed by atoms with Gasteiger partial charge in [0.1, 0.15) is 5.69 Å². The van der Waals surface area contributed by atoms with E-state index in [1.54, 1.807) is 41.9 Å². The summed E-state index contributed by atoms with van der Waals surface area (Å²) in [4.78, 5) is 14.0. The topological polar surface area (TPSA) is 38.1 Å². The molecule has 0 saturated heterocycles. The molecule has 0 aliphatic heterocycles. The molecule has 0 fully saturated rings. The Hall–Kier alpha value is -1.52. The zero-order valence-electron chi connectivity index (χ0n) is 11.5. The van der Waals surface area contributed by atoms with Gasteiger partial charge in [0, 0.05) is 20.6 Å². The number of amides is 1. The first-order valence-corrected chi connectivity index (χ1v) is 6.84. The van der Waals surface area contributed by atoms with Gasteiger partial charge in [-0.1, -0.05) is 29.3 Å². The van der Waals surface area contributed by atoms with Gasteiger partial charge < -0.3 is 4.90 Å². The van der Waals surface area contributed by atoms with Crippen molar-refractivity contribution in [2.45, 2.75) is 13.5 Å². The molecule has 1 aromatic carbocycles. The van der Waals surface area contributed by atoms with Crippen LogP contribution in [0.1, 0.15) is 21.7 Å². The van der Waals surface area contributed by atoms with Gasteiger partial charge in [0.25, 0.3) is 5.91 Å². The van der Waals surface area contributed by atoms with Gasteiger partial charge in [-0.25, -0.2) is 0 Å². The van der Waals surface area contributed by atoms with Crippen LogP contribution in [-0.2, 0) is 13.6 Å². The highest BCUT2D eigenvalue weighted by Gasteiger charge is 2.16. The van der Waals surface area contributed by atoms with E-state index >= 15 is 0 Å². The first-order chi connectivity index (χ1) is 9.38. The van der Waals surface area contributed by atoms with Crippen molar-refractivity contribution < 1.29 is 4.79 Å². The maximum atomic E-state index is 12.3. The Kier molecular flexibility index (Phi) is 4.35. The predicted molar refractivity (Wildman–Crippen MR) is 80.2 cm³/mol. The van der Waals surface area contributed by atoms with E-state index in [2.05, 4.69) is 5.10 Å². The SMILES string of the molecule is Cc1cc(C(=O)N(C)Cc2ccc(Cl)c(Cl)c2)n(C)n1. The number of aryl methyl sites for hydroxylation is 2. The summed E-state index contributed by atoms with van der Waals surface area (Å²) < 4.78 is 1.59. The number of aromatic nitrogens is 2. The maximum Gasteiger partial charge on any atom is 0.272 e. The molecule has 6 heteroatoms. The standard InChI is InChI=1S/C14H15Cl2N3O/c1-9-6-13(19(3)17-9)14(20)18(2)8-10-4-5-11(15)12(16)7-10/h4-7H,8H2,1-3H3. The Morgan fingerprint density at radius 3 is 2.55 bits per heavy atom. The molecule has 1 heterocycles. The van der Waals surface area contributed by atoms with Gasteiger partial charge in [-0.05, 0) is 30.7 Å². The van der Waals surface area contributed by atoms with E-state index in [0.717, 1.165) is 11.3 Å². The molecule has 4 nitrogen and oxygen atoms in total. The Bertz CT molecular complexity index is 652. The Balaban J connectivity index is 2.15. The summed E-state index contributed by atoms with van der Waals surface area (Å²) in [5, 5.41) is 5.17. The summed E-state index contributed by atoms with van der Waals surface area (Å²) in [5.74, 6) is -0.0841. The summed E-state index contributed by atoms with van der Waals surface area (Å²) in [7, 11) is 3.50. The maximum absolute atomic E-state index is 12.3. The number of benzene rings is 1. The third kappa shape index (κ3) is 3.14. The van der Waals surface area contributed by atoms with Crippen molar-refractivity contribution in [3.05, 3.63) is 51.3 Å². The lowest BCUT2D eigenvalue weighted by molar-refractivity contribution is 0.0774. The molecule has 106 valence electrons. The van der Waals surface area contributed by atoms with Crippen LogP contribution < -0.4 is 0 Å². The Morgan fingerprint density at radius 1 is 1.30 bits per heavy atom. The average molecular weight is 312 g/mol. The van der Waals surface area contributed by atoms with Crippen LogP contribution in [0.2, 0.25) is 10.0 Å². The number of carbonyl (C=O) groups is 1. The molecule has 0 N–H and O–H groups in total. The van der Waals surface area contributed by atoms with Crippen LogP contribution in [0, 0.1) is 6.92 Å². The van der Waals surface area contributed by atoms with Crippen molar-refractivity contribution in [3.8, 4) is 0 Å². The fourth-order valence-corrected chi connectivity index (χ4v) is 2.31. The molecule has 0 spiro atoms. The molecule has 1 aromatic heterocycles. The van der Waals surface area contributed by atoms with E-state index in [1.165, 1.54) is 0 Å². The van der Waals surface area contributed by atoms with Crippen LogP contribution >= 0.6 is 23.2 Å². The number of hydrogen-bond acceptors (Lipinski definition) is 2. The minimum absolute atomic E-state index is 0.0841. The molecular formula is C14H15Cl2N3O. The molecule has 1 amide bonds. The first kappa shape index (κ1) is 14.9. The van der Waals surface area contributed by atoms with Crippen molar-refractivity contribution in [1.29, 1.82) is 0 Å². The van der Waals surface area contributed by atoms with Gasteiger partial charge in [0.05, 0.1) is 15.7 Å². The van der Waals surface area contributed by atoms with Crippen LogP contribution in [0.4, 0.5) is 0 Å². The van der Waals surface area contributed by atoms with Gasteiger partial charge in [-0.3, -0.25) is 9.48 Å². The molecule has 0 bridgehead atoms. The summed E-state index contributed by atoms with van der Waals surface area (Å²) in [6.07, 6.45) is 0. The highest BCUT2D eigenvalue weighted by molar-refractivity contribution is 6.42. The van der Waals surface area contributed by atoms with Crippen molar-refractivity contribution in [1.82, 2.24) is 14.7 Å². The van der Waals surface area contributed by atoms with E-state index in [-0.39, 0.29) is 5.91 Å². The summed E-state index contributed by atoms with van der Waals surface area (Å²) >= 11 is 11.8. The van der Waals surface area contributed by atoms with Gasteiger partial charge in [0.15, 0.2) is 0 Å². The lowest BCUT2D eigenvalue weighted by Gasteiger charge is -2.17. The normalized spacial score (nSPS) is 10.7. The van der Waals surface area contributed by atoms with E-state index in [0.29, 0.717) is 22.3 Å². The van der Waals surface area contributed by atoms with E-state index in [4.69, 9.17) is 23.2 Å².